The van der Waals surface area contributed by atoms with Crippen molar-refractivity contribution in [3.8, 4) is 5.69 Å². The Morgan fingerprint density at radius 1 is 1.29 bits per heavy atom. The average molecular weight is 330 g/mol. The lowest BCUT2D eigenvalue weighted by atomic mass is 10.2. The van der Waals surface area contributed by atoms with Crippen molar-refractivity contribution in [3.05, 3.63) is 41.7 Å². The van der Waals surface area contributed by atoms with Crippen molar-refractivity contribution in [2.75, 3.05) is 25.0 Å². The van der Waals surface area contributed by atoms with Gasteiger partial charge in [-0.3, -0.25) is 0 Å². The van der Waals surface area contributed by atoms with E-state index in [0.29, 0.717) is 18.8 Å². The summed E-state index contributed by atoms with van der Waals surface area (Å²) in [5.41, 5.74) is 3.47. The first-order chi connectivity index (χ1) is 11.6. The van der Waals surface area contributed by atoms with E-state index in [4.69, 9.17) is 0 Å². The lowest BCUT2D eigenvalue weighted by molar-refractivity contribution is 0.187. The number of aliphatic hydroxyl groups is 1. The number of urea groups is 1. The molecule has 0 aliphatic rings. The van der Waals surface area contributed by atoms with Gasteiger partial charge in [-0.15, -0.1) is 0 Å². The summed E-state index contributed by atoms with van der Waals surface area (Å²) < 4.78 is 1.83. The van der Waals surface area contributed by atoms with Crippen molar-refractivity contribution in [2.24, 2.45) is 0 Å². The standard InChI is InChI=1S/C18H26N4O2/c1-4-5-10-21(11-12-23)18(24)19-16-8-6-7-9-17(16)22-15(3)13-14(2)20-22/h6-9,13,23H,4-5,10-12H2,1-3H3,(H,19,24). The summed E-state index contributed by atoms with van der Waals surface area (Å²) in [5, 5.41) is 16.6. The number of aromatic nitrogens is 2. The monoisotopic (exact) mass is 330 g/mol. The van der Waals surface area contributed by atoms with E-state index in [-0.39, 0.29) is 12.6 Å². The van der Waals surface area contributed by atoms with Gasteiger partial charge in [0.15, 0.2) is 0 Å². The summed E-state index contributed by atoms with van der Waals surface area (Å²) in [7, 11) is 0. The van der Waals surface area contributed by atoms with E-state index in [1.807, 2.05) is 48.9 Å². The van der Waals surface area contributed by atoms with Gasteiger partial charge in [0.25, 0.3) is 0 Å². The molecule has 0 atom stereocenters. The van der Waals surface area contributed by atoms with Crippen LogP contribution in [0.25, 0.3) is 5.69 Å². The van der Waals surface area contributed by atoms with E-state index >= 15 is 0 Å². The minimum absolute atomic E-state index is 0.0454. The van der Waals surface area contributed by atoms with Crippen LogP contribution < -0.4 is 5.32 Å². The zero-order valence-electron chi connectivity index (χ0n) is 14.6. The Hall–Kier alpha value is -2.34. The number of anilines is 1. The van der Waals surface area contributed by atoms with Gasteiger partial charge in [0.05, 0.1) is 23.7 Å². The highest BCUT2D eigenvalue weighted by atomic mass is 16.3. The van der Waals surface area contributed by atoms with Crippen LogP contribution in [0.3, 0.4) is 0 Å². The second-order valence-corrected chi connectivity index (χ2v) is 5.85. The summed E-state index contributed by atoms with van der Waals surface area (Å²) in [5.74, 6) is 0. The number of hydrogen-bond acceptors (Lipinski definition) is 3. The van der Waals surface area contributed by atoms with Gasteiger partial charge in [-0.1, -0.05) is 25.5 Å². The smallest absolute Gasteiger partial charge is 0.321 e. The lowest BCUT2D eigenvalue weighted by Crippen LogP contribution is -2.38. The van der Waals surface area contributed by atoms with Crippen LogP contribution >= 0.6 is 0 Å². The summed E-state index contributed by atoms with van der Waals surface area (Å²) in [6.07, 6.45) is 1.91. The van der Waals surface area contributed by atoms with Gasteiger partial charge in [0.1, 0.15) is 0 Å². The van der Waals surface area contributed by atoms with Crippen LogP contribution in [0, 0.1) is 13.8 Å². The predicted octanol–water partition coefficient (Wildman–Crippen LogP) is 3.12. The Labute approximate surface area is 143 Å². The molecule has 0 saturated heterocycles. The van der Waals surface area contributed by atoms with Gasteiger partial charge >= 0.3 is 6.03 Å². The number of amides is 2. The molecule has 2 rings (SSSR count). The molecular weight excluding hydrogens is 304 g/mol. The second-order valence-electron chi connectivity index (χ2n) is 5.85. The third-order valence-corrected chi connectivity index (χ3v) is 3.82. The quantitative estimate of drug-likeness (QED) is 0.819. The number of benzene rings is 1. The molecule has 6 nitrogen and oxygen atoms in total. The van der Waals surface area contributed by atoms with Crippen LogP contribution in [0.5, 0.6) is 0 Å². The fraction of sp³-hybridized carbons (Fsp3) is 0.444. The zero-order chi connectivity index (χ0) is 17.5. The molecular formula is C18H26N4O2. The van der Waals surface area contributed by atoms with E-state index in [1.165, 1.54) is 0 Å². The molecule has 2 aromatic rings. The van der Waals surface area contributed by atoms with Gasteiger partial charge in [-0.25, -0.2) is 9.48 Å². The highest BCUT2D eigenvalue weighted by molar-refractivity contribution is 5.91. The molecule has 0 aliphatic heterocycles. The Bertz CT molecular complexity index is 681. The SMILES string of the molecule is CCCCN(CCO)C(=O)Nc1ccccc1-n1nc(C)cc1C. The number of aryl methyl sites for hydroxylation is 2. The van der Waals surface area contributed by atoms with Gasteiger partial charge in [0, 0.05) is 18.8 Å². The number of aliphatic hydroxyl groups excluding tert-OH is 1. The van der Waals surface area contributed by atoms with E-state index in [2.05, 4.69) is 17.3 Å². The maximum absolute atomic E-state index is 12.6. The average Bonchev–Trinajstić information content (AvgIpc) is 2.90. The molecule has 1 heterocycles. The zero-order valence-corrected chi connectivity index (χ0v) is 14.6. The van der Waals surface area contributed by atoms with E-state index in [0.717, 1.165) is 29.9 Å². The summed E-state index contributed by atoms with van der Waals surface area (Å²) >= 11 is 0. The Balaban J connectivity index is 2.23. The topological polar surface area (TPSA) is 70.4 Å². The second kappa shape index (κ2) is 8.49. The molecule has 6 heteroatoms. The number of carbonyl (C=O) groups excluding carboxylic acids is 1. The van der Waals surface area contributed by atoms with Crippen molar-refractivity contribution in [1.82, 2.24) is 14.7 Å². The molecule has 0 unspecified atom stereocenters. The Morgan fingerprint density at radius 3 is 2.67 bits per heavy atom. The minimum Gasteiger partial charge on any atom is -0.395 e. The molecule has 0 bridgehead atoms. The summed E-state index contributed by atoms with van der Waals surface area (Å²) in [4.78, 5) is 14.2. The van der Waals surface area contributed by atoms with Crippen LogP contribution in [0.4, 0.5) is 10.5 Å². The van der Waals surface area contributed by atoms with Gasteiger partial charge in [-0.2, -0.15) is 5.10 Å². The molecule has 0 saturated carbocycles. The molecule has 2 amide bonds. The van der Waals surface area contributed by atoms with E-state index in [1.54, 1.807) is 4.90 Å². The fourth-order valence-electron chi connectivity index (χ4n) is 2.62. The molecule has 0 fully saturated rings. The molecule has 0 radical (unpaired) electrons. The molecule has 24 heavy (non-hydrogen) atoms. The first kappa shape index (κ1) is 18.0. The largest absolute Gasteiger partial charge is 0.395 e. The van der Waals surface area contributed by atoms with E-state index in [9.17, 15) is 9.90 Å². The van der Waals surface area contributed by atoms with Gasteiger partial charge < -0.3 is 15.3 Å². The fourth-order valence-corrected chi connectivity index (χ4v) is 2.62. The third kappa shape index (κ3) is 4.35. The molecule has 1 aromatic carbocycles. The lowest BCUT2D eigenvalue weighted by Gasteiger charge is -2.23. The van der Waals surface area contributed by atoms with Gasteiger partial charge in [-0.05, 0) is 38.5 Å². The number of unbranched alkanes of at least 4 members (excludes halogenated alkanes) is 1. The van der Waals surface area contributed by atoms with Crippen molar-refractivity contribution in [1.29, 1.82) is 0 Å². The molecule has 1 aromatic heterocycles. The highest BCUT2D eigenvalue weighted by Gasteiger charge is 2.15. The third-order valence-electron chi connectivity index (χ3n) is 3.82. The number of rotatable bonds is 7. The van der Waals surface area contributed by atoms with Crippen molar-refractivity contribution in [3.63, 3.8) is 0 Å². The molecule has 0 aliphatic carbocycles. The summed E-state index contributed by atoms with van der Waals surface area (Å²) in [6.45, 7) is 6.92. The number of hydrogen-bond donors (Lipinski definition) is 2. The van der Waals surface area contributed by atoms with Crippen molar-refractivity contribution >= 4 is 11.7 Å². The normalized spacial score (nSPS) is 10.7. The maximum Gasteiger partial charge on any atom is 0.321 e. The first-order valence-corrected chi connectivity index (χ1v) is 8.36. The number of para-hydroxylation sites is 2. The molecule has 130 valence electrons. The van der Waals surface area contributed by atoms with Crippen LogP contribution in [0.1, 0.15) is 31.2 Å². The van der Waals surface area contributed by atoms with Crippen molar-refractivity contribution in [2.45, 2.75) is 33.6 Å². The molecule has 0 spiro atoms. The van der Waals surface area contributed by atoms with Crippen LogP contribution in [-0.2, 0) is 0 Å². The predicted molar refractivity (Wildman–Crippen MR) is 95.6 cm³/mol. The van der Waals surface area contributed by atoms with Gasteiger partial charge in [0.2, 0.25) is 0 Å². The van der Waals surface area contributed by atoms with Crippen molar-refractivity contribution < 1.29 is 9.90 Å². The molecule has 2 N–H and O–H groups in total. The van der Waals surface area contributed by atoms with Crippen LogP contribution in [-0.4, -0.2) is 45.5 Å². The number of carbonyl (C=O) groups is 1. The Morgan fingerprint density at radius 2 is 2.04 bits per heavy atom. The Kier molecular flexibility index (Phi) is 6.37. The van der Waals surface area contributed by atoms with Crippen LogP contribution in [0.15, 0.2) is 30.3 Å². The number of nitrogens with one attached hydrogen (secondary N) is 1. The first-order valence-electron chi connectivity index (χ1n) is 8.36. The summed E-state index contributed by atoms with van der Waals surface area (Å²) in [6, 6.07) is 9.39. The van der Waals surface area contributed by atoms with Crippen LogP contribution in [0.2, 0.25) is 0 Å². The minimum atomic E-state index is -0.202. The highest BCUT2D eigenvalue weighted by Crippen LogP contribution is 2.22. The maximum atomic E-state index is 12.6. The van der Waals surface area contributed by atoms with E-state index < -0.39 is 0 Å². The number of nitrogens with zero attached hydrogens (tertiary/aromatic N) is 3.